The van der Waals surface area contributed by atoms with E-state index < -0.39 is 32.7 Å². The van der Waals surface area contributed by atoms with E-state index in [0.717, 1.165) is 12.7 Å². The van der Waals surface area contributed by atoms with Crippen molar-refractivity contribution >= 4 is 16.2 Å². The van der Waals surface area contributed by atoms with Gasteiger partial charge in [-0.3, -0.25) is 14.3 Å². The number of carbonyl (C=O) groups excluding carboxylic acids is 1. The van der Waals surface area contributed by atoms with Crippen LogP contribution in [0.3, 0.4) is 0 Å². The Kier molecular flexibility index (Phi) is 6.97. The van der Waals surface area contributed by atoms with Crippen LogP contribution in [0.5, 0.6) is 0 Å². The molecule has 10 heteroatoms. The summed E-state index contributed by atoms with van der Waals surface area (Å²) in [6.45, 7) is 5.24. The van der Waals surface area contributed by atoms with Crippen molar-refractivity contribution in [2.75, 3.05) is 26.0 Å². The first-order valence-corrected chi connectivity index (χ1v) is 9.66. The molecule has 0 aliphatic carbocycles. The summed E-state index contributed by atoms with van der Waals surface area (Å²) in [5, 5.41) is 10.9. The molecule has 0 aromatic heterocycles. The van der Waals surface area contributed by atoms with E-state index in [2.05, 4.69) is 0 Å². The second-order valence-electron chi connectivity index (χ2n) is 6.97. The summed E-state index contributed by atoms with van der Waals surface area (Å²) in [5.74, 6) is -0.489. The Morgan fingerprint density at radius 2 is 2.04 bits per heavy atom. The molecule has 1 aliphatic heterocycles. The van der Waals surface area contributed by atoms with Gasteiger partial charge in [-0.15, -0.1) is 0 Å². The second kappa shape index (κ2) is 8.11. The molecule has 1 saturated heterocycles. The number of nitrogens with zero attached hydrogens (tertiary/aromatic N) is 2. The summed E-state index contributed by atoms with van der Waals surface area (Å²) in [6.07, 6.45) is 1.96. The van der Waals surface area contributed by atoms with Gasteiger partial charge >= 0.3 is 6.09 Å². The van der Waals surface area contributed by atoms with Crippen molar-refractivity contribution in [3.8, 4) is 0 Å². The SMILES string of the molecule is CC(C)(C)OC(=O)N1CCCC1C(CCOS(C)(=O)=O)C[N+](=O)[O-]. The van der Waals surface area contributed by atoms with Crippen molar-refractivity contribution < 1.29 is 27.1 Å². The van der Waals surface area contributed by atoms with Crippen LogP contribution in [0.15, 0.2) is 0 Å². The fourth-order valence-corrected chi connectivity index (χ4v) is 3.18. The van der Waals surface area contributed by atoms with Gasteiger partial charge in [-0.1, -0.05) is 0 Å². The third-order valence-electron chi connectivity index (χ3n) is 3.64. The number of likely N-dealkylation sites (tertiary alicyclic amines) is 1. The Morgan fingerprint density at radius 1 is 1.42 bits per heavy atom. The molecule has 1 aliphatic rings. The average Bonchev–Trinajstić information content (AvgIpc) is 2.82. The van der Waals surface area contributed by atoms with Gasteiger partial charge in [-0.25, -0.2) is 4.79 Å². The maximum absolute atomic E-state index is 12.3. The Morgan fingerprint density at radius 3 is 2.54 bits per heavy atom. The quantitative estimate of drug-likeness (QED) is 0.382. The van der Waals surface area contributed by atoms with Gasteiger partial charge in [0.1, 0.15) is 5.60 Å². The van der Waals surface area contributed by atoms with Crippen LogP contribution >= 0.6 is 0 Å². The van der Waals surface area contributed by atoms with Crippen LogP contribution in [-0.4, -0.2) is 61.9 Å². The lowest BCUT2D eigenvalue weighted by atomic mass is 9.94. The van der Waals surface area contributed by atoms with Crippen molar-refractivity contribution in [1.29, 1.82) is 0 Å². The topological polar surface area (TPSA) is 116 Å². The third kappa shape index (κ3) is 7.43. The summed E-state index contributed by atoms with van der Waals surface area (Å²) in [6, 6.07) is -0.353. The van der Waals surface area contributed by atoms with Gasteiger partial charge in [0.25, 0.3) is 10.1 Å². The van der Waals surface area contributed by atoms with E-state index in [1.807, 2.05) is 0 Å². The predicted molar refractivity (Wildman–Crippen MR) is 86.7 cm³/mol. The number of carbonyl (C=O) groups is 1. The molecule has 1 amide bonds. The number of amides is 1. The van der Waals surface area contributed by atoms with Crippen LogP contribution in [0.1, 0.15) is 40.0 Å². The Hall–Kier alpha value is -1.42. The van der Waals surface area contributed by atoms with Gasteiger partial charge < -0.3 is 9.64 Å². The number of ether oxygens (including phenoxy) is 1. The van der Waals surface area contributed by atoms with Crippen LogP contribution in [0, 0.1) is 16.0 Å². The van der Waals surface area contributed by atoms with Crippen LogP contribution in [0.25, 0.3) is 0 Å². The van der Waals surface area contributed by atoms with E-state index in [-0.39, 0.29) is 25.6 Å². The monoisotopic (exact) mass is 366 g/mol. The number of nitro groups is 1. The first kappa shape index (κ1) is 20.6. The van der Waals surface area contributed by atoms with Gasteiger partial charge in [-0.05, 0) is 40.0 Å². The van der Waals surface area contributed by atoms with Gasteiger partial charge in [0, 0.05) is 23.4 Å². The molecule has 0 saturated carbocycles. The molecule has 0 aromatic rings. The van der Waals surface area contributed by atoms with E-state index in [9.17, 15) is 23.3 Å². The molecule has 1 heterocycles. The molecule has 0 aromatic carbocycles. The molecule has 2 unspecified atom stereocenters. The Bertz CT molecular complexity index is 556. The fourth-order valence-electron chi connectivity index (χ4n) is 2.78. The van der Waals surface area contributed by atoms with Crippen LogP contribution < -0.4 is 0 Å². The number of hydrogen-bond acceptors (Lipinski definition) is 7. The minimum atomic E-state index is -3.60. The minimum absolute atomic E-state index is 0.143. The standard InChI is InChI=1S/C14H26N2O7S/c1-14(2,3)23-13(17)15-8-5-6-12(15)11(10-16(18)19)7-9-22-24(4,20)21/h11-12H,5-10H2,1-4H3. The van der Waals surface area contributed by atoms with Crippen molar-refractivity contribution in [1.82, 2.24) is 4.90 Å². The Balaban J connectivity index is 2.79. The van der Waals surface area contributed by atoms with Gasteiger partial charge in [0.05, 0.1) is 12.9 Å². The predicted octanol–water partition coefficient (Wildman–Crippen LogP) is 1.65. The fraction of sp³-hybridized carbons (Fsp3) is 0.929. The first-order chi connectivity index (χ1) is 10.9. The molecule has 0 spiro atoms. The largest absolute Gasteiger partial charge is 0.444 e. The van der Waals surface area contributed by atoms with Gasteiger partial charge in [-0.2, -0.15) is 8.42 Å². The van der Waals surface area contributed by atoms with Crippen LogP contribution in [-0.2, 0) is 19.0 Å². The van der Waals surface area contributed by atoms with Crippen molar-refractivity contribution in [3.63, 3.8) is 0 Å². The molecule has 1 rings (SSSR count). The maximum Gasteiger partial charge on any atom is 0.410 e. The highest BCUT2D eigenvalue weighted by Gasteiger charge is 2.39. The molecule has 1 fully saturated rings. The van der Waals surface area contributed by atoms with Crippen molar-refractivity contribution in [2.45, 2.75) is 51.7 Å². The molecule has 140 valence electrons. The minimum Gasteiger partial charge on any atom is -0.444 e. The highest BCUT2D eigenvalue weighted by molar-refractivity contribution is 7.85. The lowest BCUT2D eigenvalue weighted by Crippen LogP contribution is -2.45. The molecule has 0 radical (unpaired) electrons. The summed E-state index contributed by atoms with van der Waals surface area (Å²) in [4.78, 5) is 24.3. The first-order valence-electron chi connectivity index (χ1n) is 7.85. The molecule has 2 atom stereocenters. The van der Waals surface area contributed by atoms with Gasteiger partial charge in [0.2, 0.25) is 6.54 Å². The zero-order valence-corrected chi connectivity index (χ0v) is 15.4. The molecule has 9 nitrogen and oxygen atoms in total. The van der Waals surface area contributed by atoms with Crippen molar-refractivity contribution in [3.05, 3.63) is 10.1 Å². The van der Waals surface area contributed by atoms with E-state index in [4.69, 9.17) is 8.92 Å². The zero-order chi connectivity index (χ0) is 18.5. The smallest absolute Gasteiger partial charge is 0.410 e. The second-order valence-corrected chi connectivity index (χ2v) is 8.62. The van der Waals surface area contributed by atoms with Crippen molar-refractivity contribution in [2.24, 2.45) is 5.92 Å². The maximum atomic E-state index is 12.3. The van der Waals surface area contributed by atoms with E-state index in [0.29, 0.717) is 13.0 Å². The highest BCUT2D eigenvalue weighted by atomic mass is 32.2. The molecule has 24 heavy (non-hydrogen) atoms. The normalized spacial score (nSPS) is 20.0. The summed E-state index contributed by atoms with van der Waals surface area (Å²) in [7, 11) is -3.60. The Labute approximate surface area is 142 Å². The average molecular weight is 366 g/mol. The zero-order valence-electron chi connectivity index (χ0n) is 14.6. The van der Waals surface area contributed by atoms with Crippen LogP contribution in [0.4, 0.5) is 4.79 Å². The highest BCUT2D eigenvalue weighted by Crippen LogP contribution is 2.28. The number of hydrogen-bond donors (Lipinski definition) is 0. The lowest BCUT2D eigenvalue weighted by molar-refractivity contribution is -0.489. The molecular formula is C14H26N2O7S. The van der Waals surface area contributed by atoms with E-state index in [1.54, 1.807) is 20.8 Å². The molecule has 0 N–H and O–H groups in total. The third-order valence-corrected chi connectivity index (χ3v) is 4.24. The summed E-state index contributed by atoms with van der Waals surface area (Å²) < 4.78 is 32.1. The number of rotatable bonds is 7. The summed E-state index contributed by atoms with van der Waals surface area (Å²) >= 11 is 0. The summed E-state index contributed by atoms with van der Waals surface area (Å²) in [5.41, 5.74) is -0.651. The molecular weight excluding hydrogens is 340 g/mol. The van der Waals surface area contributed by atoms with E-state index >= 15 is 0 Å². The van der Waals surface area contributed by atoms with E-state index in [1.165, 1.54) is 4.90 Å². The van der Waals surface area contributed by atoms with Gasteiger partial charge in [0.15, 0.2) is 0 Å². The molecule has 0 bridgehead atoms. The lowest BCUT2D eigenvalue weighted by Gasteiger charge is -2.31. The van der Waals surface area contributed by atoms with Crippen LogP contribution in [0.2, 0.25) is 0 Å².